The van der Waals surface area contributed by atoms with Crippen molar-refractivity contribution in [2.75, 3.05) is 31.6 Å². The zero-order chi connectivity index (χ0) is 10.5. The summed E-state index contributed by atoms with van der Waals surface area (Å²) in [5.74, 6) is 0. The van der Waals surface area contributed by atoms with Crippen molar-refractivity contribution in [2.45, 2.75) is 25.7 Å². The summed E-state index contributed by atoms with van der Waals surface area (Å²) in [5.41, 5.74) is 0. The summed E-state index contributed by atoms with van der Waals surface area (Å²) in [6.07, 6.45) is 4.95. The predicted molar refractivity (Wildman–Crippen MR) is 63.6 cm³/mol. The Hall–Kier alpha value is -0.680. The Morgan fingerprint density at radius 3 is 2.80 bits per heavy atom. The van der Waals surface area contributed by atoms with Crippen molar-refractivity contribution in [3.8, 4) is 0 Å². The van der Waals surface area contributed by atoms with Crippen LogP contribution in [0.15, 0.2) is 0 Å². The van der Waals surface area contributed by atoms with Crippen molar-refractivity contribution in [3.63, 3.8) is 0 Å². The van der Waals surface area contributed by atoms with Gasteiger partial charge in [-0.1, -0.05) is 11.3 Å². The van der Waals surface area contributed by atoms with Gasteiger partial charge in [0.15, 0.2) is 0 Å². The van der Waals surface area contributed by atoms with Crippen LogP contribution < -0.4 is 10.2 Å². The number of likely N-dealkylation sites (N-methyl/N-ethyl adjacent to an activating group) is 1. The van der Waals surface area contributed by atoms with E-state index in [0.29, 0.717) is 0 Å². The van der Waals surface area contributed by atoms with Gasteiger partial charge in [-0.2, -0.15) is 0 Å². The maximum atomic E-state index is 4.26. The molecule has 1 saturated heterocycles. The molecule has 1 aromatic heterocycles. The third-order valence-corrected chi connectivity index (χ3v) is 3.72. The van der Waals surface area contributed by atoms with Gasteiger partial charge in [0.05, 0.1) is 0 Å². The van der Waals surface area contributed by atoms with Gasteiger partial charge in [0.2, 0.25) is 5.13 Å². The van der Waals surface area contributed by atoms with Gasteiger partial charge in [0.1, 0.15) is 5.01 Å². The van der Waals surface area contributed by atoms with E-state index in [1.165, 1.54) is 19.3 Å². The Labute approximate surface area is 94.7 Å². The third-order valence-electron chi connectivity index (χ3n) is 2.67. The predicted octanol–water partition coefficient (Wildman–Crippen LogP) is 1.29. The number of aromatic nitrogens is 2. The first-order valence-corrected chi connectivity index (χ1v) is 6.44. The quantitative estimate of drug-likeness (QED) is 0.840. The number of nitrogens with zero attached hydrogens (tertiary/aromatic N) is 3. The molecule has 15 heavy (non-hydrogen) atoms. The summed E-state index contributed by atoms with van der Waals surface area (Å²) in [5, 5.41) is 13.9. The minimum absolute atomic E-state index is 0.981. The molecule has 1 aromatic rings. The van der Waals surface area contributed by atoms with E-state index < -0.39 is 0 Å². The van der Waals surface area contributed by atoms with Gasteiger partial charge >= 0.3 is 0 Å². The standard InChI is InChI=1S/C10H18N4S/c1-11-6-5-9-12-13-10(15-9)14-7-3-2-4-8-14/h11H,2-8H2,1H3. The molecule has 2 rings (SSSR count). The summed E-state index contributed by atoms with van der Waals surface area (Å²) in [6.45, 7) is 3.29. The van der Waals surface area contributed by atoms with E-state index in [4.69, 9.17) is 0 Å². The van der Waals surface area contributed by atoms with Crippen LogP contribution in [-0.2, 0) is 6.42 Å². The maximum Gasteiger partial charge on any atom is 0.208 e. The van der Waals surface area contributed by atoms with Crippen LogP contribution in [0.2, 0.25) is 0 Å². The molecule has 0 radical (unpaired) electrons. The highest BCUT2D eigenvalue weighted by Gasteiger charge is 2.14. The van der Waals surface area contributed by atoms with Gasteiger partial charge in [-0.25, -0.2) is 0 Å². The zero-order valence-electron chi connectivity index (χ0n) is 9.20. The first-order valence-electron chi connectivity index (χ1n) is 5.62. The average Bonchev–Trinajstić information content (AvgIpc) is 2.76. The highest BCUT2D eigenvalue weighted by molar-refractivity contribution is 7.15. The number of nitrogens with one attached hydrogen (secondary N) is 1. The molecular weight excluding hydrogens is 208 g/mol. The van der Waals surface area contributed by atoms with Gasteiger partial charge in [0.25, 0.3) is 0 Å². The van der Waals surface area contributed by atoms with Crippen LogP contribution in [0.5, 0.6) is 0 Å². The van der Waals surface area contributed by atoms with Crippen LogP contribution in [0.4, 0.5) is 5.13 Å². The lowest BCUT2D eigenvalue weighted by Crippen LogP contribution is -2.29. The van der Waals surface area contributed by atoms with Gasteiger partial charge < -0.3 is 10.2 Å². The van der Waals surface area contributed by atoms with Gasteiger partial charge in [0, 0.05) is 26.1 Å². The summed E-state index contributed by atoms with van der Waals surface area (Å²) in [4.78, 5) is 2.37. The second kappa shape index (κ2) is 5.42. The molecular formula is C10H18N4S. The second-order valence-corrected chi connectivity index (χ2v) is 4.92. The lowest BCUT2D eigenvalue weighted by molar-refractivity contribution is 0.575. The van der Waals surface area contributed by atoms with Crippen LogP contribution in [0.25, 0.3) is 0 Å². The van der Waals surface area contributed by atoms with Crippen molar-refractivity contribution in [1.82, 2.24) is 15.5 Å². The average molecular weight is 226 g/mol. The third kappa shape index (κ3) is 2.89. The molecule has 0 atom stereocenters. The summed E-state index contributed by atoms with van der Waals surface area (Å²) >= 11 is 1.74. The summed E-state index contributed by atoms with van der Waals surface area (Å²) in [7, 11) is 1.96. The fraction of sp³-hybridized carbons (Fsp3) is 0.800. The molecule has 4 nitrogen and oxygen atoms in total. The molecule has 1 fully saturated rings. The summed E-state index contributed by atoms with van der Waals surface area (Å²) < 4.78 is 0. The first-order chi connectivity index (χ1) is 7.40. The van der Waals surface area contributed by atoms with Gasteiger partial charge in [-0.3, -0.25) is 0 Å². The molecule has 0 amide bonds. The second-order valence-electron chi connectivity index (χ2n) is 3.88. The normalized spacial score (nSPS) is 17.0. The monoisotopic (exact) mass is 226 g/mol. The Morgan fingerprint density at radius 2 is 2.07 bits per heavy atom. The van der Waals surface area contributed by atoms with Crippen molar-refractivity contribution < 1.29 is 0 Å². The van der Waals surface area contributed by atoms with Crippen LogP contribution >= 0.6 is 11.3 Å². The minimum atomic E-state index is 0.981. The Morgan fingerprint density at radius 1 is 1.27 bits per heavy atom. The molecule has 0 aliphatic carbocycles. The van der Waals surface area contributed by atoms with Crippen LogP contribution in [0.3, 0.4) is 0 Å². The van der Waals surface area contributed by atoms with E-state index in [-0.39, 0.29) is 0 Å². The largest absolute Gasteiger partial charge is 0.347 e. The van der Waals surface area contributed by atoms with Crippen LogP contribution in [0, 0.1) is 0 Å². The molecule has 2 heterocycles. The van der Waals surface area contributed by atoms with E-state index in [1.54, 1.807) is 11.3 Å². The van der Waals surface area contributed by atoms with E-state index in [0.717, 1.165) is 36.2 Å². The van der Waals surface area contributed by atoms with E-state index in [2.05, 4.69) is 20.4 Å². The fourth-order valence-electron chi connectivity index (χ4n) is 1.79. The number of piperidine rings is 1. The number of hydrogen-bond acceptors (Lipinski definition) is 5. The van der Waals surface area contributed by atoms with Crippen molar-refractivity contribution >= 4 is 16.5 Å². The van der Waals surface area contributed by atoms with Gasteiger partial charge in [-0.05, 0) is 26.3 Å². The first kappa shape index (κ1) is 10.8. The minimum Gasteiger partial charge on any atom is -0.347 e. The van der Waals surface area contributed by atoms with Crippen molar-refractivity contribution in [1.29, 1.82) is 0 Å². The molecule has 0 bridgehead atoms. The summed E-state index contributed by atoms with van der Waals surface area (Å²) in [6, 6.07) is 0. The number of anilines is 1. The topological polar surface area (TPSA) is 41.1 Å². The van der Waals surface area contributed by atoms with Gasteiger partial charge in [-0.15, -0.1) is 10.2 Å². The maximum absolute atomic E-state index is 4.26. The van der Waals surface area contributed by atoms with E-state index in [1.807, 2.05) is 7.05 Å². The molecule has 1 aliphatic rings. The lowest BCUT2D eigenvalue weighted by Gasteiger charge is -2.25. The molecule has 5 heteroatoms. The molecule has 0 saturated carbocycles. The Balaban J connectivity index is 1.93. The fourth-order valence-corrected chi connectivity index (χ4v) is 2.68. The Kier molecular flexibility index (Phi) is 3.91. The molecule has 1 N–H and O–H groups in total. The zero-order valence-corrected chi connectivity index (χ0v) is 10.0. The smallest absolute Gasteiger partial charge is 0.208 e. The molecule has 0 spiro atoms. The number of hydrogen-bond donors (Lipinski definition) is 1. The van der Waals surface area contributed by atoms with Crippen molar-refractivity contribution in [2.24, 2.45) is 0 Å². The highest BCUT2D eigenvalue weighted by Crippen LogP contribution is 2.23. The van der Waals surface area contributed by atoms with E-state index >= 15 is 0 Å². The van der Waals surface area contributed by atoms with Crippen LogP contribution in [-0.4, -0.2) is 36.9 Å². The highest BCUT2D eigenvalue weighted by atomic mass is 32.1. The molecule has 0 unspecified atom stereocenters. The molecule has 84 valence electrons. The Bertz CT molecular complexity index is 293. The molecule has 0 aromatic carbocycles. The van der Waals surface area contributed by atoms with Crippen LogP contribution in [0.1, 0.15) is 24.3 Å². The lowest BCUT2D eigenvalue weighted by atomic mass is 10.1. The van der Waals surface area contributed by atoms with Crippen molar-refractivity contribution in [3.05, 3.63) is 5.01 Å². The SMILES string of the molecule is CNCCc1nnc(N2CCCCC2)s1. The van der Waals surface area contributed by atoms with E-state index in [9.17, 15) is 0 Å². The molecule has 1 aliphatic heterocycles. The number of rotatable bonds is 4.